The first-order valence-electron chi connectivity index (χ1n) is 6.10. The third-order valence-corrected chi connectivity index (χ3v) is 4.06. The van der Waals surface area contributed by atoms with Crippen LogP contribution in [0.3, 0.4) is 0 Å². The summed E-state index contributed by atoms with van der Waals surface area (Å²) < 4.78 is 0.895. The molecule has 0 fully saturated rings. The molecule has 5 nitrogen and oxygen atoms in total. The van der Waals surface area contributed by atoms with Crippen molar-refractivity contribution in [2.75, 3.05) is 6.26 Å². The molecular weight excluding hydrogens is 354 g/mol. The molecule has 1 aromatic heterocycles. The topological polar surface area (TPSA) is 64.4 Å². The first-order valence-corrected chi connectivity index (χ1v) is 8.12. The minimum atomic E-state index is -0.563. The molecule has 1 aromatic carbocycles. The smallest absolute Gasteiger partial charge is 0.317 e. The number of hydrogen-bond acceptors (Lipinski definition) is 6. The van der Waals surface area contributed by atoms with Gasteiger partial charge in [0.1, 0.15) is 11.6 Å². The van der Waals surface area contributed by atoms with Gasteiger partial charge in [0, 0.05) is 10.7 Å². The Morgan fingerprint density at radius 1 is 1.33 bits per heavy atom. The third kappa shape index (κ3) is 2.84. The van der Waals surface area contributed by atoms with Crippen LogP contribution in [0.4, 0.5) is 0 Å². The van der Waals surface area contributed by atoms with Crippen LogP contribution in [-0.2, 0) is 9.63 Å². The Morgan fingerprint density at radius 3 is 2.95 bits per heavy atom. The Labute approximate surface area is 133 Å². The molecular formula is C14H10BrN3O2S. The van der Waals surface area contributed by atoms with E-state index in [2.05, 4.69) is 31.1 Å². The molecule has 1 unspecified atom stereocenters. The second-order valence-corrected chi connectivity index (χ2v) is 5.99. The van der Waals surface area contributed by atoms with Crippen molar-refractivity contribution in [3.8, 4) is 0 Å². The van der Waals surface area contributed by atoms with Crippen molar-refractivity contribution in [3.63, 3.8) is 0 Å². The van der Waals surface area contributed by atoms with E-state index in [1.807, 2.05) is 30.5 Å². The summed E-state index contributed by atoms with van der Waals surface area (Å²) in [5.74, 6) is -0.959. The fraction of sp³-hybridized carbons (Fsp3) is 0.143. The lowest BCUT2D eigenvalue weighted by atomic mass is 9.93. The SMILES string of the molecule is CSc1nccc(C2=NOC(=O)C2c2cccc(Br)c2)n1. The highest BCUT2D eigenvalue weighted by molar-refractivity contribution is 9.10. The molecule has 1 atom stereocenters. The summed E-state index contributed by atoms with van der Waals surface area (Å²) >= 11 is 4.84. The summed E-state index contributed by atoms with van der Waals surface area (Å²) in [7, 11) is 0. The van der Waals surface area contributed by atoms with Crippen molar-refractivity contribution in [2.24, 2.45) is 5.16 Å². The lowest BCUT2D eigenvalue weighted by Gasteiger charge is -2.09. The second kappa shape index (κ2) is 5.95. The Balaban J connectivity index is 2.03. The third-order valence-electron chi connectivity index (χ3n) is 3.00. The van der Waals surface area contributed by atoms with Crippen LogP contribution in [0.2, 0.25) is 0 Å². The van der Waals surface area contributed by atoms with Gasteiger partial charge in [-0.1, -0.05) is 45.0 Å². The van der Waals surface area contributed by atoms with E-state index in [0.717, 1.165) is 10.0 Å². The summed E-state index contributed by atoms with van der Waals surface area (Å²) in [5, 5.41) is 4.53. The number of carbonyl (C=O) groups excluding carboxylic acids is 1. The van der Waals surface area contributed by atoms with Gasteiger partial charge in [-0.3, -0.25) is 0 Å². The molecule has 0 N–H and O–H groups in total. The highest BCUT2D eigenvalue weighted by Gasteiger charge is 2.36. The van der Waals surface area contributed by atoms with Crippen LogP contribution in [-0.4, -0.2) is 27.9 Å². The first kappa shape index (κ1) is 14.2. The molecule has 1 aliphatic heterocycles. The molecule has 7 heteroatoms. The maximum Gasteiger partial charge on any atom is 0.348 e. The zero-order valence-electron chi connectivity index (χ0n) is 11.0. The van der Waals surface area contributed by atoms with Crippen LogP contribution in [0.25, 0.3) is 0 Å². The molecule has 21 heavy (non-hydrogen) atoms. The van der Waals surface area contributed by atoms with E-state index in [-0.39, 0.29) is 0 Å². The molecule has 3 rings (SSSR count). The van der Waals surface area contributed by atoms with E-state index < -0.39 is 11.9 Å². The van der Waals surface area contributed by atoms with E-state index in [1.165, 1.54) is 11.8 Å². The Bertz CT molecular complexity index is 736. The molecule has 106 valence electrons. The van der Waals surface area contributed by atoms with Crippen molar-refractivity contribution in [3.05, 3.63) is 52.3 Å². The fourth-order valence-electron chi connectivity index (χ4n) is 2.07. The summed E-state index contributed by atoms with van der Waals surface area (Å²) in [4.78, 5) is 25.4. The number of nitrogens with zero attached hydrogens (tertiary/aromatic N) is 3. The number of hydrogen-bond donors (Lipinski definition) is 0. The minimum absolute atomic E-state index is 0.396. The average Bonchev–Trinajstić information content (AvgIpc) is 2.89. The molecule has 0 amide bonds. The normalized spacial score (nSPS) is 17.5. The van der Waals surface area contributed by atoms with E-state index in [1.54, 1.807) is 12.3 Å². The number of thioether (sulfide) groups is 1. The molecule has 0 radical (unpaired) electrons. The van der Waals surface area contributed by atoms with Crippen molar-refractivity contribution in [1.82, 2.24) is 9.97 Å². The van der Waals surface area contributed by atoms with Crippen LogP contribution < -0.4 is 0 Å². The number of carbonyl (C=O) groups is 1. The number of halogens is 1. The second-order valence-electron chi connectivity index (χ2n) is 4.30. The average molecular weight is 364 g/mol. The van der Waals surface area contributed by atoms with E-state index in [9.17, 15) is 4.79 Å². The maximum absolute atomic E-state index is 12.0. The van der Waals surface area contributed by atoms with Gasteiger partial charge in [-0.05, 0) is 30.0 Å². The standard InChI is InChI=1S/C14H10BrN3O2S/c1-21-14-16-6-5-10(17-14)12-11(13(19)20-18-12)8-3-2-4-9(15)7-8/h2-7,11H,1H3. The number of rotatable bonds is 3. The monoisotopic (exact) mass is 363 g/mol. The van der Waals surface area contributed by atoms with Crippen LogP contribution in [0.5, 0.6) is 0 Å². The maximum atomic E-state index is 12.0. The quantitative estimate of drug-likeness (QED) is 0.476. The predicted molar refractivity (Wildman–Crippen MR) is 83.3 cm³/mol. The summed E-state index contributed by atoms with van der Waals surface area (Å²) in [6.45, 7) is 0. The van der Waals surface area contributed by atoms with Gasteiger partial charge in [-0.25, -0.2) is 14.8 Å². The number of aromatic nitrogens is 2. The molecule has 0 saturated heterocycles. The van der Waals surface area contributed by atoms with Gasteiger partial charge in [-0.15, -0.1) is 0 Å². The van der Waals surface area contributed by atoms with E-state index in [4.69, 9.17) is 4.84 Å². The van der Waals surface area contributed by atoms with Crippen LogP contribution in [0, 0.1) is 0 Å². The van der Waals surface area contributed by atoms with Gasteiger partial charge >= 0.3 is 5.97 Å². The van der Waals surface area contributed by atoms with E-state index in [0.29, 0.717) is 16.6 Å². The Hall–Kier alpha value is -1.73. The lowest BCUT2D eigenvalue weighted by molar-refractivity contribution is -0.141. The van der Waals surface area contributed by atoms with Crippen molar-refractivity contribution in [2.45, 2.75) is 11.1 Å². The van der Waals surface area contributed by atoms with Gasteiger partial charge in [0.05, 0.1) is 5.69 Å². The number of benzene rings is 1. The highest BCUT2D eigenvalue weighted by atomic mass is 79.9. The molecule has 2 heterocycles. The molecule has 0 spiro atoms. The highest BCUT2D eigenvalue weighted by Crippen LogP contribution is 2.29. The molecule has 0 saturated carbocycles. The van der Waals surface area contributed by atoms with Gasteiger partial charge in [0.25, 0.3) is 0 Å². The van der Waals surface area contributed by atoms with Gasteiger partial charge in [0.2, 0.25) is 0 Å². The molecule has 0 aliphatic carbocycles. The largest absolute Gasteiger partial charge is 0.348 e. The van der Waals surface area contributed by atoms with Gasteiger partial charge in [0.15, 0.2) is 5.16 Å². The summed E-state index contributed by atoms with van der Waals surface area (Å²) in [5.41, 5.74) is 1.93. The fourth-order valence-corrected chi connectivity index (χ4v) is 2.84. The lowest BCUT2D eigenvalue weighted by Crippen LogP contribution is -2.18. The molecule has 0 bridgehead atoms. The minimum Gasteiger partial charge on any atom is -0.317 e. The van der Waals surface area contributed by atoms with Crippen LogP contribution in [0.15, 0.2) is 51.3 Å². The van der Waals surface area contributed by atoms with Crippen LogP contribution >= 0.6 is 27.7 Å². The zero-order valence-corrected chi connectivity index (χ0v) is 13.4. The van der Waals surface area contributed by atoms with Crippen molar-refractivity contribution in [1.29, 1.82) is 0 Å². The van der Waals surface area contributed by atoms with Gasteiger partial charge in [-0.2, -0.15) is 0 Å². The Morgan fingerprint density at radius 2 is 2.19 bits per heavy atom. The van der Waals surface area contributed by atoms with Gasteiger partial charge < -0.3 is 4.84 Å². The molecule has 2 aromatic rings. The molecule has 1 aliphatic rings. The zero-order chi connectivity index (χ0) is 14.8. The summed E-state index contributed by atoms with van der Waals surface area (Å²) in [6, 6.07) is 9.25. The van der Waals surface area contributed by atoms with Crippen LogP contribution in [0.1, 0.15) is 17.2 Å². The Kier molecular flexibility index (Phi) is 4.03. The number of oxime groups is 1. The predicted octanol–water partition coefficient (Wildman–Crippen LogP) is 3.01. The van der Waals surface area contributed by atoms with Crippen molar-refractivity contribution < 1.29 is 9.63 Å². The van der Waals surface area contributed by atoms with E-state index >= 15 is 0 Å². The van der Waals surface area contributed by atoms with Crippen molar-refractivity contribution >= 4 is 39.4 Å². The summed E-state index contributed by atoms with van der Waals surface area (Å²) in [6.07, 6.45) is 3.54. The first-order chi connectivity index (χ1) is 10.2.